The second-order valence-corrected chi connectivity index (χ2v) is 5.22. The fourth-order valence-electron chi connectivity index (χ4n) is 2.61. The fraction of sp³-hybridized carbons (Fsp3) is 0.438. The van der Waals surface area contributed by atoms with Gasteiger partial charge in [-0.05, 0) is 38.3 Å². The Morgan fingerprint density at radius 1 is 1.45 bits per heavy atom. The third-order valence-electron chi connectivity index (χ3n) is 3.81. The monoisotopic (exact) mass is 270 g/mol. The largest absolute Gasteiger partial charge is 0.312 e. The number of Topliss-reactive ketones (excluding diaryl/α,β-unsaturated/α-hetero) is 1. The van der Waals surface area contributed by atoms with Gasteiger partial charge in [0.1, 0.15) is 5.92 Å². The number of para-hydroxylation sites is 1. The summed E-state index contributed by atoms with van der Waals surface area (Å²) in [6, 6.07) is 9.59. The molecule has 0 saturated carbocycles. The van der Waals surface area contributed by atoms with Crippen LogP contribution < -0.4 is 4.90 Å². The number of rotatable bonds is 3. The van der Waals surface area contributed by atoms with Gasteiger partial charge in [-0.2, -0.15) is 5.26 Å². The lowest BCUT2D eigenvalue weighted by atomic mass is 9.87. The molecule has 4 nitrogen and oxygen atoms in total. The first-order valence-electron chi connectivity index (χ1n) is 6.86. The van der Waals surface area contributed by atoms with Gasteiger partial charge in [0.2, 0.25) is 5.91 Å². The van der Waals surface area contributed by atoms with Gasteiger partial charge in [-0.25, -0.2) is 0 Å². The van der Waals surface area contributed by atoms with Crippen LogP contribution in [-0.4, -0.2) is 18.2 Å². The quantitative estimate of drug-likeness (QED) is 0.793. The van der Waals surface area contributed by atoms with Crippen LogP contribution in [0.4, 0.5) is 5.69 Å². The second-order valence-electron chi connectivity index (χ2n) is 5.22. The summed E-state index contributed by atoms with van der Waals surface area (Å²) < 4.78 is 0. The van der Waals surface area contributed by atoms with E-state index < -0.39 is 11.8 Å². The van der Waals surface area contributed by atoms with Crippen LogP contribution in [0.15, 0.2) is 24.3 Å². The number of aryl methyl sites for hydroxylation is 1. The molecule has 0 aliphatic carbocycles. The molecular weight excluding hydrogens is 252 g/mol. The molecule has 2 rings (SSSR count). The van der Waals surface area contributed by atoms with Gasteiger partial charge in [0.15, 0.2) is 5.78 Å². The first-order chi connectivity index (χ1) is 9.56. The fourth-order valence-corrected chi connectivity index (χ4v) is 2.61. The van der Waals surface area contributed by atoms with Crippen molar-refractivity contribution in [3.8, 4) is 6.07 Å². The number of anilines is 1. The maximum absolute atomic E-state index is 12.5. The summed E-state index contributed by atoms with van der Waals surface area (Å²) in [5, 5.41) is 8.85. The summed E-state index contributed by atoms with van der Waals surface area (Å²) in [4.78, 5) is 26.4. The highest BCUT2D eigenvalue weighted by molar-refractivity contribution is 6.10. The van der Waals surface area contributed by atoms with Crippen molar-refractivity contribution in [1.82, 2.24) is 0 Å². The maximum atomic E-state index is 12.5. The molecule has 0 spiro atoms. The topological polar surface area (TPSA) is 61.2 Å². The zero-order valence-corrected chi connectivity index (χ0v) is 11.8. The standard InChI is InChI=1S/C16H18N2O2/c1-11-6-3-4-8-14(11)18-9-5-7-13(16(18)20)15(19)12(2)10-17/h3-4,6,8,12-13H,5,7,9H2,1-2H3. The van der Waals surface area contributed by atoms with E-state index in [1.165, 1.54) is 0 Å². The van der Waals surface area contributed by atoms with Crippen LogP contribution in [0.25, 0.3) is 0 Å². The van der Waals surface area contributed by atoms with Gasteiger partial charge in [0.25, 0.3) is 0 Å². The third-order valence-corrected chi connectivity index (χ3v) is 3.81. The van der Waals surface area contributed by atoms with Gasteiger partial charge in [-0.1, -0.05) is 18.2 Å². The Kier molecular flexibility index (Phi) is 4.19. The zero-order chi connectivity index (χ0) is 14.7. The highest BCUT2D eigenvalue weighted by Crippen LogP contribution is 2.28. The first kappa shape index (κ1) is 14.3. The molecule has 1 heterocycles. The minimum atomic E-state index is -0.722. The lowest BCUT2D eigenvalue weighted by molar-refractivity contribution is -0.135. The van der Waals surface area contributed by atoms with E-state index in [-0.39, 0.29) is 11.7 Å². The number of ketones is 1. The molecule has 1 aliphatic heterocycles. The molecule has 1 fully saturated rings. The SMILES string of the molecule is Cc1ccccc1N1CCCC(C(=O)C(C)C#N)C1=O. The Hall–Kier alpha value is -2.15. The van der Waals surface area contributed by atoms with E-state index in [4.69, 9.17) is 5.26 Å². The molecule has 2 unspecified atom stereocenters. The number of carbonyl (C=O) groups is 2. The van der Waals surface area contributed by atoms with Crippen molar-refractivity contribution in [2.24, 2.45) is 11.8 Å². The molecule has 4 heteroatoms. The predicted octanol–water partition coefficient (Wildman–Crippen LogP) is 2.47. The van der Waals surface area contributed by atoms with E-state index in [1.807, 2.05) is 37.3 Å². The van der Waals surface area contributed by atoms with Crippen LogP contribution in [0, 0.1) is 30.1 Å². The van der Waals surface area contributed by atoms with Crippen LogP contribution in [0.2, 0.25) is 0 Å². The van der Waals surface area contributed by atoms with Crippen LogP contribution in [-0.2, 0) is 9.59 Å². The molecule has 1 saturated heterocycles. The van der Waals surface area contributed by atoms with Crippen LogP contribution in [0.3, 0.4) is 0 Å². The van der Waals surface area contributed by atoms with Crippen molar-refractivity contribution in [2.45, 2.75) is 26.7 Å². The van der Waals surface area contributed by atoms with Crippen molar-refractivity contribution >= 4 is 17.4 Å². The van der Waals surface area contributed by atoms with Crippen molar-refractivity contribution < 1.29 is 9.59 Å². The average Bonchev–Trinajstić information content (AvgIpc) is 2.47. The summed E-state index contributed by atoms with van der Waals surface area (Å²) in [7, 11) is 0. The summed E-state index contributed by atoms with van der Waals surface area (Å²) >= 11 is 0. The van der Waals surface area contributed by atoms with E-state index in [1.54, 1.807) is 11.8 Å². The summed E-state index contributed by atoms with van der Waals surface area (Å²) in [6.07, 6.45) is 1.33. The molecule has 1 aromatic carbocycles. The number of nitriles is 1. The highest BCUT2D eigenvalue weighted by atomic mass is 16.2. The molecule has 0 bridgehead atoms. The number of piperidine rings is 1. The Bertz CT molecular complexity index is 574. The van der Waals surface area contributed by atoms with Gasteiger partial charge < -0.3 is 4.90 Å². The molecule has 1 aliphatic rings. The van der Waals surface area contributed by atoms with Gasteiger partial charge in [0, 0.05) is 12.2 Å². The average molecular weight is 270 g/mol. The van der Waals surface area contributed by atoms with E-state index in [2.05, 4.69) is 0 Å². The number of hydrogen-bond acceptors (Lipinski definition) is 3. The Labute approximate surface area is 119 Å². The third kappa shape index (κ3) is 2.57. The van der Waals surface area contributed by atoms with Gasteiger partial charge in [-0.15, -0.1) is 0 Å². The smallest absolute Gasteiger partial charge is 0.237 e. The van der Waals surface area contributed by atoms with Crippen molar-refractivity contribution in [3.05, 3.63) is 29.8 Å². The van der Waals surface area contributed by atoms with Gasteiger partial charge >= 0.3 is 0 Å². The zero-order valence-electron chi connectivity index (χ0n) is 11.8. The predicted molar refractivity (Wildman–Crippen MR) is 76.0 cm³/mol. The second kappa shape index (κ2) is 5.87. The normalized spacial score (nSPS) is 20.4. The minimum absolute atomic E-state index is 0.169. The molecule has 104 valence electrons. The number of hydrogen-bond donors (Lipinski definition) is 0. The van der Waals surface area contributed by atoms with E-state index in [9.17, 15) is 9.59 Å². The van der Waals surface area contributed by atoms with Crippen molar-refractivity contribution in [2.75, 3.05) is 11.4 Å². The number of amides is 1. The maximum Gasteiger partial charge on any atom is 0.237 e. The highest BCUT2D eigenvalue weighted by Gasteiger charge is 2.36. The minimum Gasteiger partial charge on any atom is -0.312 e. The summed E-state index contributed by atoms with van der Waals surface area (Å²) in [5.74, 6) is -1.81. The van der Waals surface area contributed by atoms with Crippen LogP contribution in [0.1, 0.15) is 25.3 Å². The lowest BCUT2D eigenvalue weighted by Crippen LogP contribution is -2.45. The lowest BCUT2D eigenvalue weighted by Gasteiger charge is -2.32. The summed E-state index contributed by atoms with van der Waals surface area (Å²) in [6.45, 7) is 4.14. The van der Waals surface area contributed by atoms with E-state index in [0.717, 1.165) is 17.7 Å². The molecule has 0 radical (unpaired) electrons. The molecule has 0 N–H and O–H groups in total. The van der Waals surface area contributed by atoms with E-state index in [0.29, 0.717) is 13.0 Å². The molecule has 1 amide bonds. The Morgan fingerprint density at radius 3 is 2.80 bits per heavy atom. The Morgan fingerprint density at radius 2 is 2.15 bits per heavy atom. The van der Waals surface area contributed by atoms with Crippen molar-refractivity contribution in [3.63, 3.8) is 0 Å². The summed E-state index contributed by atoms with van der Waals surface area (Å²) in [5.41, 5.74) is 1.88. The molecule has 20 heavy (non-hydrogen) atoms. The van der Waals surface area contributed by atoms with Crippen LogP contribution in [0.5, 0.6) is 0 Å². The van der Waals surface area contributed by atoms with Crippen LogP contribution >= 0.6 is 0 Å². The number of benzene rings is 1. The molecule has 1 aromatic rings. The first-order valence-corrected chi connectivity index (χ1v) is 6.86. The Balaban J connectivity index is 2.26. The van der Waals surface area contributed by atoms with Gasteiger partial charge in [0.05, 0.1) is 12.0 Å². The van der Waals surface area contributed by atoms with Gasteiger partial charge in [-0.3, -0.25) is 9.59 Å². The van der Waals surface area contributed by atoms with Crippen molar-refractivity contribution in [1.29, 1.82) is 5.26 Å². The molecule has 0 aromatic heterocycles. The molecular formula is C16H18N2O2. The van der Waals surface area contributed by atoms with E-state index >= 15 is 0 Å². The molecule has 2 atom stereocenters. The number of nitrogens with zero attached hydrogens (tertiary/aromatic N) is 2. The number of carbonyl (C=O) groups excluding carboxylic acids is 2.